The Morgan fingerprint density at radius 1 is 1.14 bits per heavy atom. The summed E-state index contributed by atoms with van der Waals surface area (Å²) in [7, 11) is 1.73. The molecule has 0 aromatic heterocycles. The number of methoxy groups -OCH3 is 1. The molecule has 0 spiro atoms. The van der Waals surface area contributed by atoms with Crippen molar-refractivity contribution < 1.29 is 22.7 Å². The Balaban J connectivity index is 1.49. The van der Waals surface area contributed by atoms with E-state index in [4.69, 9.17) is 4.74 Å². The molecule has 1 N–H and O–H groups in total. The number of amides is 1. The van der Waals surface area contributed by atoms with Crippen LogP contribution in [0.5, 0.6) is 0 Å². The second-order valence-corrected chi connectivity index (χ2v) is 7.24. The topological polar surface area (TPSA) is 41.6 Å². The van der Waals surface area contributed by atoms with E-state index in [2.05, 4.69) is 10.2 Å². The van der Waals surface area contributed by atoms with Gasteiger partial charge in [0, 0.05) is 38.0 Å². The Labute approximate surface area is 168 Å². The summed E-state index contributed by atoms with van der Waals surface area (Å²) in [6.07, 6.45) is -1.36. The van der Waals surface area contributed by atoms with E-state index in [1.165, 1.54) is 12.1 Å². The third-order valence-electron chi connectivity index (χ3n) is 5.15. The molecule has 29 heavy (non-hydrogen) atoms. The fourth-order valence-corrected chi connectivity index (χ4v) is 3.46. The number of alkyl halides is 3. The van der Waals surface area contributed by atoms with Gasteiger partial charge in [-0.15, -0.1) is 0 Å². The highest BCUT2D eigenvalue weighted by molar-refractivity contribution is 5.91. The molecule has 2 aromatic rings. The smallest absolute Gasteiger partial charge is 0.380 e. The molecule has 1 atom stereocenters. The standard InChI is InChI=1S/C22H25F3N2O2/c1-29-20-3-2-14-27(15-20)19-11-9-18(10-12-19)26-21(28)13-6-16-4-7-17(8-5-16)22(23,24)25/h4-5,7-12,20H,2-3,6,13-15H2,1H3,(H,26,28). The molecule has 1 unspecified atom stereocenters. The maximum Gasteiger partial charge on any atom is 0.416 e. The number of piperidine rings is 1. The van der Waals surface area contributed by atoms with E-state index in [9.17, 15) is 18.0 Å². The number of hydrogen-bond acceptors (Lipinski definition) is 3. The summed E-state index contributed by atoms with van der Waals surface area (Å²) in [4.78, 5) is 14.4. The van der Waals surface area contributed by atoms with Crippen LogP contribution >= 0.6 is 0 Å². The van der Waals surface area contributed by atoms with Gasteiger partial charge in [-0.05, 0) is 61.2 Å². The van der Waals surface area contributed by atoms with Crippen LogP contribution < -0.4 is 10.2 Å². The van der Waals surface area contributed by atoms with Crippen molar-refractivity contribution in [2.75, 3.05) is 30.4 Å². The van der Waals surface area contributed by atoms with Crippen molar-refractivity contribution in [2.24, 2.45) is 0 Å². The van der Waals surface area contributed by atoms with Crippen molar-refractivity contribution in [3.05, 3.63) is 59.7 Å². The van der Waals surface area contributed by atoms with Crippen molar-refractivity contribution >= 4 is 17.3 Å². The molecule has 1 saturated heterocycles. The summed E-state index contributed by atoms with van der Waals surface area (Å²) < 4.78 is 43.2. The molecule has 1 aliphatic rings. The van der Waals surface area contributed by atoms with E-state index < -0.39 is 11.7 Å². The van der Waals surface area contributed by atoms with Gasteiger partial charge in [0.25, 0.3) is 0 Å². The molecule has 0 radical (unpaired) electrons. The maximum atomic E-state index is 12.6. The van der Waals surface area contributed by atoms with Crippen LogP contribution in [0, 0.1) is 0 Å². The first-order valence-corrected chi connectivity index (χ1v) is 9.69. The van der Waals surface area contributed by atoms with Crippen LogP contribution in [0.2, 0.25) is 0 Å². The van der Waals surface area contributed by atoms with Crippen LogP contribution in [0.4, 0.5) is 24.5 Å². The highest BCUT2D eigenvalue weighted by Crippen LogP contribution is 2.29. The fourth-order valence-electron chi connectivity index (χ4n) is 3.46. The quantitative estimate of drug-likeness (QED) is 0.743. The van der Waals surface area contributed by atoms with Crippen LogP contribution in [-0.2, 0) is 22.1 Å². The summed E-state index contributed by atoms with van der Waals surface area (Å²) in [5, 5.41) is 2.84. The van der Waals surface area contributed by atoms with Crippen LogP contribution in [0.1, 0.15) is 30.4 Å². The molecular weight excluding hydrogens is 381 g/mol. The lowest BCUT2D eigenvalue weighted by Gasteiger charge is -2.33. The molecule has 4 nitrogen and oxygen atoms in total. The molecule has 156 valence electrons. The van der Waals surface area contributed by atoms with E-state index in [0.717, 1.165) is 43.8 Å². The first-order valence-electron chi connectivity index (χ1n) is 9.69. The van der Waals surface area contributed by atoms with Gasteiger partial charge in [0.1, 0.15) is 0 Å². The second kappa shape index (κ2) is 9.31. The largest absolute Gasteiger partial charge is 0.416 e. The Morgan fingerprint density at radius 2 is 1.83 bits per heavy atom. The number of nitrogens with zero attached hydrogens (tertiary/aromatic N) is 1. The number of hydrogen-bond donors (Lipinski definition) is 1. The normalized spacial score (nSPS) is 17.2. The zero-order valence-electron chi connectivity index (χ0n) is 16.3. The molecule has 1 heterocycles. The van der Waals surface area contributed by atoms with Crippen molar-refractivity contribution in [1.29, 1.82) is 0 Å². The number of aryl methyl sites for hydroxylation is 1. The molecular formula is C22H25F3N2O2. The highest BCUT2D eigenvalue weighted by Gasteiger charge is 2.29. The summed E-state index contributed by atoms with van der Waals surface area (Å²) in [5.41, 5.74) is 1.80. The number of carbonyl (C=O) groups excluding carboxylic acids is 1. The van der Waals surface area contributed by atoms with Crippen molar-refractivity contribution in [3.63, 3.8) is 0 Å². The summed E-state index contributed by atoms with van der Waals surface area (Å²) in [6, 6.07) is 12.6. The van der Waals surface area contributed by atoms with Gasteiger partial charge in [-0.25, -0.2) is 0 Å². The van der Waals surface area contributed by atoms with E-state index in [-0.39, 0.29) is 18.4 Å². The number of nitrogens with one attached hydrogen (secondary N) is 1. The lowest BCUT2D eigenvalue weighted by Crippen LogP contribution is -2.39. The Morgan fingerprint density at radius 3 is 2.45 bits per heavy atom. The third kappa shape index (κ3) is 5.97. The van der Waals surface area contributed by atoms with E-state index in [1.807, 2.05) is 24.3 Å². The summed E-state index contributed by atoms with van der Waals surface area (Å²) in [5.74, 6) is -0.171. The fraction of sp³-hybridized carbons (Fsp3) is 0.409. The first kappa shape index (κ1) is 21.2. The van der Waals surface area contributed by atoms with Gasteiger partial charge in [-0.3, -0.25) is 4.79 Å². The van der Waals surface area contributed by atoms with E-state index >= 15 is 0 Å². The number of ether oxygens (including phenoxy) is 1. The minimum absolute atomic E-state index is 0.171. The van der Waals surface area contributed by atoms with Crippen molar-refractivity contribution in [1.82, 2.24) is 0 Å². The minimum Gasteiger partial charge on any atom is -0.380 e. The van der Waals surface area contributed by atoms with Crippen LogP contribution in [0.3, 0.4) is 0 Å². The van der Waals surface area contributed by atoms with Crippen LogP contribution in [0.15, 0.2) is 48.5 Å². The average Bonchev–Trinajstić information content (AvgIpc) is 2.72. The van der Waals surface area contributed by atoms with Gasteiger partial charge in [0.2, 0.25) is 5.91 Å². The molecule has 0 bridgehead atoms. The Bertz CT molecular complexity index is 804. The predicted molar refractivity (Wildman–Crippen MR) is 107 cm³/mol. The zero-order valence-corrected chi connectivity index (χ0v) is 16.3. The molecule has 0 aliphatic carbocycles. The highest BCUT2D eigenvalue weighted by atomic mass is 19.4. The number of halogens is 3. The molecule has 1 amide bonds. The molecule has 1 fully saturated rings. The Hall–Kier alpha value is -2.54. The zero-order chi connectivity index (χ0) is 20.9. The van der Waals surface area contributed by atoms with E-state index in [0.29, 0.717) is 17.7 Å². The van der Waals surface area contributed by atoms with Gasteiger partial charge in [-0.2, -0.15) is 13.2 Å². The number of rotatable bonds is 6. The lowest BCUT2D eigenvalue weighted by atomic mass is 10.1. The molecule has 2 aromatic carbocycles. The summed E-state index contributed by atoms with van der Waals surface area (Å²) in [6.45, 7) is 1.84. The maximum absolute atomic E-state index is 12.6. The predicted octanol–water partition coefficient (Wildman–Crippen LogP) is 4.89. The molecule has 1 aliphatic heterocycles. The number of anilines is 2. The average molecular weight is 406 g/mol. The van der Waals surface area contributed by atoms with E-state index in [1.54, 1.807) is 7.11 Å². The molecule has 3 rings (SSSR count). The molecule has 0 saturated carbocycles. The monoisotopic (exact) mass is 406 g/mol. The SMILES string of the molecule is COC1CCCN(c2ccc(NC(=O)CCc3ccc(C(F)(F)F)cc3)cc2)C1. The van der Waals surface area contributed by atoms with Gasteiger partial charge in [-0.1, -0.05) is 12.1 Å². The van der Waals surface area contributed by atoms with Crippen LogP contribution in [0.25, 0.3) is 0 Å². The van der Waals surface area contributed by atoms with Gasteiger partial charge < -0.3 is 15.0 Å². The number of benzene rings is 2. The third-order valence-corrected chi connectivity index (χ3v) is 5.15. The number of carbonyl (C=O) groups is 1. The van der Waals surface area contributed by atoms with Crippen LogP contribution in [-0.4, -0.2) is 32.2 Å². The Kier molecular flexibility index (Phi) is 6.79. The van der Waals surface area contributed by atoms with Gasteiger partial charge in [0.15, 0.2) is 0 Å². The van der Waals surface area contributed by atoms with Crippen molar-refractivity contribution in [3.8, 4) is 0 Å². The summed E-state index contributed by atoms with van der Waals surface area (Å²) >= 11 is 0. The molecule has 7 heteroatoms. The van der Waals surface area contributed by atoms with Crippen molar-refractivity contribution in [2.45, 2.75) is 38.0 Å². The van der Waals surface area contributed by atoms with Gasteiger partial charge >= 0.3 is 6.18 Å². The second-order valence-electron chi connectivity index (χ2n) is 7.24. The lowest BCUT2D eigenvalue weighted by molar-refractivity contribution is -0.137. The van der Waals surface area contributed by atoms with Gasteiger partial charge in [0.05, 0.1) is 11.7 Å². The minimum atomic E-state index is -4.35. The first-order chi connectivity index (χ1) is 13.8.